The van der Waals surface area contributed by atoms with Crippen LogP contribution in [0.25, 0.3) is 11.2 Å². The molecule has 1 aliphatic heterocycles. The Labute approximate surface area is 146 Å². The molecule has 7 heteroatoms. The van der Waals surface area contributed by atoms with Crippen LogP contribution in [-0.2, 0) is 11.3 Å². The van der Waals surface area contributed by atoms with Crippen molar-refractivity contribution in [3.63, 3.8) is 0 Å². The van der Waals surface area contributed by atoms with Crippen LogP contribution in [0.3, 0.4) is 0 Å². The predicted molar refractivity (Wildman–Crippen MR) is 96.2 cm³/mol. The third kappa shape index (κ3) is 2.96. The van der Waals surface area contributed by atoms with E-state index in [1.165, 1.54) is 17.5 Å². The highest BCUT2D eigenvalue weighted by Gasteiger charge is 2.25. The van der Waals surface area contributed by atoms with Crippen molar-refractivity contribution < 1.29 is 4.74 Å². The van der Waals surface area contributed by atoms with E-state index in [2.05, 4.69) is 51.2 Å². The van der Waals surface area contributed by atoms with E-state index in [-0.39, 0.29) is 6.10 Å². The summed E-state index contributed by atoms with van der Waals surface area (Å²) in [6.07, 6.45) is 3.13. The maximum atomic E-state index is 5.87. The van der Waals surface area contributed by atoms with Gasteiger partial charge in [-0.1, -0.05) is 24.3 Å². The monoisotopic (exact) mass is 338 g/mol. The topological polar surface area (TPSA) is 82.1 Å². The molecule has 0 bridgehead atoms. The first kappa shape index (κ1) is 16.0. The third-order valence-electron chi connectivity index (χ3n) is 4.89. The number of aromatic nitrogens is 4. The lowest BCUT2D eigenvalue weighted by atomic mass is 9.90. The number of anilines is 1. The molecule has 0 aliphatic carbocycles. The maximum absolute atomic E-state index is 5.87. The molecule has 1 aliphatic rings. The number of nitrogen functional groups attached to an aromatic ring is 1. The SMILES string of the molecule is COC(Cn1cnc2c(N)ncnc21)c1cccc(C2CN(C)C2)c1. The Morgan fingerprint density at radius 2 is 2.12 bits per heavy atom. The first-order valence-corrected chi connectivity index (χ1v) is 8.38. The molecule has 2 aromatic heterocycles. The van der Waals surface area contributed by atoms with Gasteiger partial charge in [0.15, 0.2) is 11.5 Å². The van der Waals surface area contributed by atoms with Gasteiger partial charge in [0.05, 0.1) is 12.9 Å². The first-order valence-electron chi connectivity index (χ1n) is 8.38. The number of likely N-dealkylation sites (tertiary alicyclic amines) is 1. The highest BCUT2D eigenvalue weighted by atomic mass is 16.5. The van der Waals surface area contributed by atoms with Crippen LogP contribution in [0.1, 0.15) is 23.1 Å². The Morgan fingerprint density at radius 3 is 2.88 bits per heavy atom. The standard InChI is InChI=1S/C18H22N6O/c1-23-7-14(8-23)12-4-3-5-13(6-12)15(25-2)9-24-11-22-16-17(19)20-10-21-18(16)24/h3-6,10-11,14-15H,7-9H2,1-2H3,(H2,19,20,21). The Morgan fingerprint density at radius 1 is 1.28 bits per heavy atom. The summed E-state index contributed by atoms with van der Waals surface area (Å²) in [5.74, 6) is 1.01. The van der Waals surface area contributed by atoms with Crippen molar-refractivity contribution in [1.29, 1.82) is 0 Å². The van der Waals surface area contributed by atoms with E-state index in [9.17, 15) is 0 Å². The summed E-state index contributed by atoms with van der Waals surface area (Å²) in [4.78, 5) is 14.9. The van der Waals surface area contributed by atoms with Gasteiger partial charge >= 0.3 is 0 Å². The molecule has 130 valence electrons. The summed E-state index contributed by atoms with van der Waals surface area (Å²) >= 11 is 0. The molecule has 1 atom stereocenters. The molecule has 3 heterocycles. The van der Waals surface area contributed by atoms with Gasteiger partial charge in [-0.2, -0.15) is 0 Å². The fraction of sp³-hybridized carbons (Fsp3) is 0.389. The van der Waals surface area contributed by atoms with E-state index < -0.39 is 0 Å². The van der Waals surface area contributed by atoms with Crippen molar-refractivity contribution in [2.75, 3.05) is 33.0 Å². The number of nitrogens with zero attached hydrogens (tertiary/aromatic N) is 5. The molecule has 25 heavy (non-hydrogen) atoms. The number of hydrogen-bond donors (Lipinski definition) is 1. The second kappa shape index (κ2) is 6.42. The molecule has 4 rings (SSSR count). The molecule has 1 unspecified atom stereocenters. The average molecular weight is 338 g/mol. The van der Waals surface area contributed by atoms with Gasteiger partial charge < -0.3 is 19.9 Å². The predicted octanol–water partition coefficient (Wildman–Crippen LogP) is 1.83. The van der Waals surface area contributed by atoms with Crippen LogP contribution in [0.4, 0.5) is 5.82 Å². The minimum Gasteiger partial charge on any atom is -0.382 e. The number of nitrogens with two attached hydrogens (primary N) is 1. The molecule has 0 amide bonds. The van der Waals surface area contributed by atoms with Crippen LogP contribution in [-0.4, -0.2) is 51.7 Å². The Bertz CT molecular complexity index is 886. The zero-order valence-corrected chi connectivity index (χ0v) is 14.5. The molecule has 1 saturated heterocycles. The van der Waals surface area contributed by atoms with Gasteiger partial charge in [0, 0.05) is 26.1 Å². The Hall–Kier alpha value is -2.51. The van der Waals surface area contributed by atoms with Crippen LogP contribution < -0.4 is 5.73 Å². The van der Waals surface area contributed by atoms with Crippen LogP contribution in [0.5, 0.6) is 0 Å². The Kier molecular flexibility index (Phi) is 4.10. The van der Waals surface area contributed by atoms with Crippen LogP contribution >= 0.6 is 0 Å². The van der Waals surface area contributed by atoms with E-state index in [0.717, 1.165) is 18.7 Å². The van der Waals surface area contributed by atoms with Gasteiger partial charge in [0.2, 0.25) is 0 Å². The van der Waals surface area contributed by atoms with Crippen LogP contribution in [0, 0.1) is 0 Å². The molecule has 2 N–H and O–H groups in total. The summed E-state index contributed by atoms with van der Waals surface area (Å²) < 4.78 is 7.73. The summed E-state index contributed by atoms with van der Waals surface area (Å²) in [6.45, 7) is 2.85. The molecular formula is C18H22N6O. The van der Waals surface area contributed by atoms with Crippen LogP contribution in [0.2, 0.25) is 0 Å². The molecule has 7 nitrogen and oxygen atoms in total. The molecule has 1 fully saturated rings. The molecule has 0 radical (unpaired) electrons. The minimum absolute atomic E-state index is 0.0775. The zero-order chi connectivity index (χ0) is 17.4. The largest absolute Gasteiger partial charge is 0.382 e. The number of fused-ring (bicyclic) bond motifs is 1. The van der Waals surface area contributed by atoms with Crippen molar-refractivity contribution in [1.82, 2.24) is 24.4 Å². The third-order valence-corrected chi connectivity index (χ3v) is 4.89. The van der Waals surface area contributed by atoms with Crippen molar-refractivity contribution in [3.05, 3.63) is 48.0 Å². The number of ether oxygens (including phenoxy) is 1. The van der Waals surface area contributed by atoms with E-state index >= 15 is 0 Å². The molecule has 0 spiro atoms. The number of likely N-dealkylation sites (N-methyl/N-ethyl adjacent to an activating group) is 1. The van der Waals surface area contributed by atoms with Crippen molar-refractivity contribution in [2.24, 2.45) is 0 Å². The lowest BCUT2D eigenvalue weighted by Gasteiger charge is -2.36. The highest BCUT2D eigenvalue weighted by Crippen LogP contribution is 2.29. The normalized spacial score (nSPS) is 16.9. The van der Waals surface area contributed by atoms with Gasteiger partial charge in [-0.3, -0.25) is 0 Å². The van der Waals surface area contributed by atoms with Gasteiger partial charge in [-0.15, -0.1) is 0 Å². The fourth-order valence-electron chi connectivity index (χ4n) is 3.45. The summed E-state index contributed by atoms with van der Waals surface area (Å²) in [5, 5.41) is 0. The number of hydrogen-bond acceptors (Lipinski definition) is 6. The van der Waals surface area contributed by atoms with Gasteiger partial charge in [-0.25, -0.2) is 15.0 Å². The zero-order valence-electron chi connectivity index (χ0n) is 14.5. The molecule has 3 aromatic rings. The minimum atomic E-state index is -0.0775. The second-order valence-electron chi connectivity index (χ2n) is 6.64. The first-order chi connectivity index (χ1) is 12.2. The van der Waals surface area contributed by atoms with Crippen LogP contribution in [0.15, 0.2) is 36.9 Å². The van der Waals surface area contributed by atoms with E-state index in [1.54, 1.807) is 13.4 Å². The summed E-state index contributed by atoms with van der Waals surface area (Å²) in [7, 11) is 3.88. The van der Waals surface area contributed by atoms with E-state index in [4.69, 9.17) is 10.5 Å². The Balaban J connectivity index is 1.60. The molecule has 0 saturated carbocycles. The maximum Gasteiger partial charge on any atom is 0.165 e. The van der Waals surface area contributed by atoms with Crippen molar-refractivity contribution in [3.8, 4) is 0 Å². The number of rotatable bonds is 5. The highest BCUT2D eigenvalue weighted by molar-refractivity contribution is 5.81. The summed E-state index contributed by atoms with van der Waals surface area (Å²) in [5.41, 5.74) is 9.76. The molecular weight excluding hydrogens is 316 g/mol. The lowest BCUT2D eigenvalue weighted by molar-refractivity contribution is 0.0885. The fourth-order valence-corrected chi connectivity index (χ4v) is 3.45. The molecule has 1 aromatic carbocycles. The smallest absolute Gasteiger partial charge is 0.165 e. The van der Waals surface area contributed by atoms with Crippen molar-refractivity contribution >= 4 is 17.0 Å². The summed E-state index contributed by atoms with van der Waals surface area (Å²) in [6, 6.07) is 8.69. The van der Waals surface area contributed by atoms with Crippen molar-refractivity contribution in [2.45, 2.75) is 18.6 Å². The van der Waals surface area contributed by atoms with E-state index in [1.807, 2.05) is 4.57 Å². The van der Waals surface area contributed by atoms with Gasteiger partial charge in [-0.05, 0) is 18.2 Å². The van der Waals surface area contributed by atoms with Gasteiger partial charge in [0.1, 0.15) is 17.9 Å². The second-order valence-corrected chi connectivity index (χ2v) is 6.64. The number of methoxy groups -OCH3 is 1. The number of benzene rings is 1. The van der Waals surface area contributed by atoms with E-state index in [0.29, 0.717) is 23.8 Å². The number of imidazole rings is 1. The quantitative estimate of drug-likeness (QED) is 0.764. The lowest BCUT2D eigenvalue weighted by Crippen LogP contribution is -2.41. The average Bonchev–Trinajstić information content (AvgIpc) is 3.01. The van der Waals surface area contributed by atoms with Gasteiger partial charge in [0.25, 0.3) is 0 Å².